The van der Waals surface area contributed by atoms with Crippen molar-refractivity contribution in [1.29, 1.82) is 0 Å². The van der Waals surface area contributed by atoms with Crippen LogP contribution in [0.4, 0.5) is 0 Å². The van der Waals surface area contributed by atoms with E-state index in [0.717, 1.165) is 0 Å². The van der Waals surface area contributed by atoms with Gasteiger partial charge < -0.3 is 9.15 Å². The van der Waals surface area contributed by atoms with Crippen molar-refractivity contribution < 1.29 is 22.4 Å². The number of hydrogen-bond donors (Lipinski definition) is 1. The molecule has 1 aliphatic rings. The number of furan rings is 1. The maximum absolute atomic E-state index is 12.5. The number of rotatable bonds is 7. The summed E-state index contributed by atoms with van der Waals surface area (Å²) in [5.74, 6) is 0.376. The van der Waals surface area contributed by atoms with Gasteiger partial charge in [-0.2, -0.15) is 0 Å². The molecule has 0 unspecified atom stereocenters. The molecule has 1 aliphatic carbocycles. The van der Waals surface area contributed by atoms with Crippen LogP contribution >= 0.6 is 0 Å². The molecule has 2 aromatic rings. The first-order valence-corrected chi connectivity index (χ1v) is 10.8. The summed E-state index contributed by atoms with van der Waals surface area (Å²) >= 11 is 0. The zero-order valence-electron chi connectivity index (χ0n) is 15.4. The molecular formula is C20H25NO5S. The maximum atomic E-state index is 12.5. The largest absolute Gasteiger partial charge is 0.460 e. The van der Waals surface area contributed by atoms with E-state index in [2.05, 4.69) is 4.72 Å². The Balaban J connectivity index is 1.62. The molecule has 0 bridgehead atoms. The molecule has 7 heteroatoms. The number of esters is 1. The monoisotopic (exact) mass is 391 g/mol. The van der Waals surface area contributed by atoms with Crippen molar-refractivity contribution in [1.82, 2.24) is 4.72 Å². The second-order valence-corrected chi connectivity index (χ2v) is 8.48. The molecule has 6 nitrogen and oxygen atoms in total. The fourth-order valence-electron chi connectivity index (χ4n) is 3.39. The SMILES string of the molecule is CCOC(=O)c1ccc(CNS(=O)(=O)c2ccc(C3CCCCC3)cc2)o1. The quantitative estimate of drug-likeness (QED) is 0.722. The molecular weight excluding hydrogens is 366 g/mol. The average Bonchev–Trinajstić information content (AvgIpc) is 3.17. The van der Waals surface area contributed by atoms with Crippen LogP contribution in [0.25, 0.3) is 0 Å². The second kappa shape index (κ2) is 8.71. The van der Waals surface area contributed by atoms with Gasteiger partial charge in [-0.3, -0.25) is 0 Å². The minimum absolute atomic E-state index is 0.0356. The molecule has 3 rings (SSSR count). The summed E-state index contributed by atoms with van der Waals surface area (Å²) in [6, 6.07) is 10.2. The van der Waals surface area contributed by atoms with Gasteiger partial charge in [0.1, 0.15) is 5.76 Å². The molecule has 0 radical (unpaired) electrons. The average molecular weight is 391 g/mol. The van der Waals surface area contributed by atoms with Gasteiger partial charge in [0.05, 0.1) is 18.0 Å². The Bertz CT molecular complexity index is 864. The molecule has 1 fully saturated rings. The summed E-state index contributed by atoms with van der Waals surface area (Å²) in [5, 5.41) is 0. The molecule has 1 saturated carbocycles. The fraction of sp³-hybridized carbons (Fsp3) is 0.450. The molecule has 146 valence electrons. The summed E-state index contributed by atoms with van der Waals surface area (Å²) in [5.41, 5.74) is 1.21. The third kappa shape index (κ3) is 4.99. The number of carbonyl (C=O) groups excluding carboxylic acids is 1. The van der Waals surface area contributed by atoms with Gasteiger partial charge >= 0.3 is 5.97 Å². The highest BCUT2D eigenvalue weighted by Crippen LogP contribution is 2.32. The van der Waals surface area contributed by atoms with E-state index in [-0.39, 0.29) is 23.8 Å². The van der Waals surface area contributed by atoms with Gasteiger partial charge in [-0.05, 0) is 55.5 Å². The fourth-order valence-corrected chi connectivity index (χ4v) is 4.38. The molecule has 1 aromatic carbocycles. The van der Waals surface area contributed by atoms with Crippen LogP contribution in [-0.4, -0.2) is 21.0 Å². The van der Waals surface area contributed by atoms with Crippen molar-refractivity contribution in [3.05, 3.63) is 53.5 Å². The van der Waals surface area contributed by atoms with Gasteiger partial charge in [-0.15, -0.1) is 0 Å². The van der Waals surface area contributed by atoms with E-state index in [1.807, 2.05) is 12.1 Å². The first kappa shape index (κ1) is 19.6. The van der Waals surface area contributed by atoms with Gasteiger partial charge in [0.25, 0.3) is 0 Å². The van der Waals surface area contributed by atoms with Gasteiger partial charge in [0, 0.05) is 0 Å². The minimum atomic E-state index is -3.65. The zero-order valence-corrected chi connectivity index (χ0v) is 16.3. The third-order valence-electron chi connectivity index (χ3n) is 4.84. The molecule has 1 N–H and O–H groups in total. The Morgan fingerprint density at radius 3 is 2.48 bits per heavy atom. The number of sulfonamides is 1. The van der Waals surface area contributed by atoms with Gasteiger partial charge in [-0.1, -0.05) is 31.4 Å². The van der Waals surface area contributed by atoms with Crippen LogP contribution in [-0.2, 0) is 21.3 Å². The summed E-state index contributed by atoms with van der Waals surface area (Å²) in [6.45, 7) is 1.92. The molecule has 27 heavy (non-hydrogen) atoms. The predicted octanol–water partition coefficient (Wildman–Crippen LogP) is 3.98. The molecule has 0 saturated heterocycles. The summed E-state index contributed by atoms with van der Waals surface area (Å²) in [4.78, 5) is 11.8. The van der Waals surface area contributed by atoms with Crippen molar-refractivity contribution in [2.45, 2.75) is 56.4 Å². The van der Waals surface area contributed by atoms with Crippen LogP contribution in [0.15, 0.2) is 45.7 Å². The van der Waals surface area contributed by atoms with E-state index in [0.29, 0.717) is 11.7 Å². The number of carbonyl (C=O) groups is 1. The Hall–Kier alpha value is -2.12. The van der Waals surface area contributed by atoms with Crippen LogP contribution in [0.2, 0.25) is 0 Å². The first-order chi connectivity index (χ1) is 13.0. The third-order valence-corrected chi connectivity index (χ3v) is 6.26. The van der Waals surface area contributed by atoms with Crippen LogP contribution < -0.4 is 4.72 Å². The number of benzene rings is 1. The number of nitrogens with one attached hydrogen (secondary N) is 1. The Kier molecular flexibility index (Phi) is 6.34. The normalized spacial score (nSPS) is 15.6. The highest BCUT2D eigenvalue weighted by atomic mass is 32.2. The lowest BCUT2D eigenvalue weighted by molar-refractivity contribution is 0.0488. The summed E-state index contributed by atoms with van der Waals surface area (Å²) in [7, 11) is -3.65. The lowest BCUT2D eigenvalue weighted by Gasteiger charge is -2.22. The molecule has 1 aromatic heterocycles. The van der Waals surface area contributed by atoms with E-state index in [4.69, 9.17) is 9.15 Å². The highest BCUT2D eigenvalue weighted by Gasteiger charge is 2.19. The molecule has 0 amide bonds. The van der Waals surface area contributed by atoms with Crippen LogP contribution in [0.3, 0.4) is 0 Å². The molecule has 0 spiro atoms. The second-order valence-electron chi connectivity index (χ2n) is 6.71. The molecule has 0 atom stereocenters. The predicted molar refractivity (Wildman–Crippen MR) is 101 cm³/mol. The van der Waals surface area contributed by atoms with Crippen molar-refractivity contribution in [3.8, 4) is 0 Å². The van der Waals surface area contributed by atoms with E-state index in [9.17, 15) is 13.2 Å². The van der Waals surface area contributed by atoms with Gasteiger partial charge in [0.15, 0.2) is 0 Å². The molecule has 0 aliphatic heterocycles. The Morgan fingerprint density at radius 2 is 1.81 bits per heavy atom. The van der Waals surface area contributed by atoms with Crippen molar-refractivity contribution in [2.75, 3.05) is 6.61 Å². The Morgan fingerprint density at radius 1 is 1.11 bits per heavy atom. The van der Waals surface area contributed by atoms with E-state index >= 15 is 0 Å². The lowest BCUT2D eigenvalue weighted by Crippen LogP contribution is -2.23. The highest BCUT2D eigenvalue weighted by molar-refractivity contribution is 7.89. The van der Waals surface area contributed by atoms with Crippen molar-refractivity contribution in [3.63, 3.8) is 0 Å². The van der Waals surface area contributed by atoms with Crippen LogP contribution in [0.1, 0.15) is 66.8 Å². The zero-order chi connectivity index (χ0) is 19.3. The topological polar surface area (TPSA) is 85.6 Å². The first-order valence-electron chi connectivity index (χ1n) is 9.35. The summed E-state index contributed by atoms with van der Waals surface area (Å²) in [6.07, 6.45) is 6.11. The minimum Gasteiger partial charge on any atom is -0.460 e. The van der Waals surface area contributed by atoms with E-state index in [1.54, 1.807) is 25.1 Å². The van der Waals surface area contributed by atoms with E-state index < -0.39 is 16.0 Å². The molecule has 1 heterocycles. The van der Waals surface area contributed by atoms with Gasteiger partial charge in [-0.25, -0.2) is 17.9 Å². The van der Waals surface area contributed by atoms with Crippen molar-refractivity contribution in [2.24, 2.45) is 0 Å². The standard InChI is InChI=1S/C20H25NO5S/c1-2-25-20(22)19-13-10-17(26-19)14-21-27(23,24)18-11-8-16(9-12-18)15-6-4-3-5-7-15/h8-13,15,21H,2-7,14H2,1H3. The van der Waals surface area contributed by atoms with Crippen LogP contribution in [0, 0.1) is 0 Å². The van der Waals surface area contributed by atoms with E-state index in [1.165, 1.54) is 43.7 Å². The maximum Gasteiger partial charge on any atom is 0.374 e. The van der Waals surface area contributed by atoms with Gasteiger partial charge in [0.2, 0.25) is 15.8 Å². The smallest absolute Gasteiger partial charge is 0.374 e. The lowest BCUT2D eigenvalue weighted by atomic mass is 9.84. The van der Waals surface area contributed by atoms with Crippen molar-refractivity contribution >= 4 is 16.0 Å². The van der Waals surface area contributed by atoms with Crippen LogP contribution in [0.5, 0.6) is 0 Å². The number of ether oxygens (including phenoxy) is 1. The summed E-state index contributed by atoms with van der Waals surface area (Å²) < 4.78 is 37.7. The number of hydrogen-bond acceptors (Lipinski definition) is 5. The Labute approximate surface area is 160 Å².